The lowest BCUT2D eigenvalue weighted by atomic mass is 10.0. The van der Waals surface area contributed by atoms with E-state index >= 15 is 0 Å². The van der Waals surface area contributed by atoms with Crippen molar-refractivity contribution < 1.29 is 14.3 Å². The van der Waals surface area contributed by atoms with Crippen molar-refractivity contribution in [1.82, 2.24) is 0 Å². The number of benzene rings is 2. The summed E-state index contributed by atoms with van der Waals surface area (Å²) in [6.07, 6.45) is -0.464. The van der Waals surface area contributed by atoms with Gasteiger partial charge in [-0.05, 0) is 29.8 Å². The lowest BCUT2D eigenvalue weighted by Gasteiger charge is -2.20. The first-order valence-corrected chi connectivity index (χ1v) is 7.31. The fourth-order valence-corrected chi connectivity index (χ4v) is 3.28. The van der Waals surface area contributed by atoms with Crippen molar-refractivity contribution in [3.05, 3.63) is 64.7 Å². The molecule has 5 heteroatoms. The molecule has 4 rings (SSSR count). The topological polar surface area (TPSA) is 49.9 Å². The summed E-state index contributed by atoms with van der Waals surface area (Å²) in [4.78, 5) is 26.4. The Morgan fingerprint density at radius 1 is 1.18 bits per heavy atom. The van der Waals surface area contributed by atoms with Gasteiger partial charge in [-0.1, -0.05) is 35.9 Å². The Labute approximate surface area is 132 Å². The number of nitrogens with zero attached hydrogens (tertiary/aromatic N) is 1. The van der Waals surface area contributed by atoms with Crippen LogP contribution in [0.15, 0.2) is 48.5 Å². The van der Waals surface area contributed by atoms with Crippen molar-refractivity contribution in [2.45, 2.75) is 18.8 Å². The molecule has 2 aliphatic heterocycles. The quantitative estimate of drug-likeness (QED) is 0.759. The summed E-state index contributed by atoms with van der Waals surface area (Å²) >= 11 is 5.90. The fraction of sp³-hybridized carbons (Fsp3) is 0.176. The predicted octanol–water partition coefficient (Wildman–Crippen LogP) is 3.36. The molecule has 2 aromatic rings. The van der Waals surface area contributed by atoms with Crippen LogP contribution in [0.25, 0.3) is 0 Å². The molecule has 0 aliphatic carbocycles. The van der Waals surface area contributed by atoms with E-state index in [2.05, 4.69) is 0 Å². The number of hydrogen-bond donors (Lipinski definition) is 0. The molecule has 0 aromatic heterocycles. The van der Waals surface area contributed by atoms with Crippen molar-refractivity contribution in [1.29, 1.82) is 0 Å². The van der Waals surface area contributed by atoms with E-state index in [4.69, 9.17) is 16.3 Å². The summed E-state index contributed by atoms with van der Waals surface area (Å²) < 4.78 is 5.77. The number of ketones is 1. The van der Waals surface area contributed by atoms with Gasteiger partial charge in [-0.25, -0.2) is 0 Å². The van der Waals surface area contributed by atoms with E-state index in [0.717, 1.165) is 5.56 Å². The molecule has 0 bridgehead atoms. The lowest BCUT2D eigenvalue weighted by molar-refractivity contribution is -0.117. The first-order chi connectivity index (χ1) is 10.6. The fourth-order valence-electron chi connectivity index (χ4n) is 3.16. The molecule has 1 saturated heterocycles. The third kappa shape index (κ3) is 1.62. The van der Waals surface area contributed by atoms with Gasteiger partial charge in [0.25, 0.3) is 0 Å². The number of carbonyl (C=O) groups excluding carboxylic acids is 2. The van der Waals surface area contributed by atoms with Crippen molar-refractivity contribution in [2.24, 2.45) is 0 Å². The molecule has 2 aromatic carbocycles. The van der Waals surface area contributed by atoms with Gasteiger partial charge in [0.15, 0.2) is 0 Å². The molecule has 2 aliphatic rings. The molecule has 0 saturated carbocycles. The standard InChI is InChI=1S/C17H12ClNO3/c1-10(20)19-14-5-3-2-4-13(14)15(21)17(19)16(22-17)11-6-8-12(18)9-7-11/h2-9,16H,1H3/t16-,17-/m1/s1. The van der Waals surface area contributed by atoms with E-state index in [9.17, 15) is 9.59 Å². The zero-order valence-electron chi connectivity index (χ0n) is 11.7. The highest BCUT2D eigenvalue weighted by molar-refractivity contribution is 6.30. The summed E-state index contributed by atoms with van der Waals surface area (Å²) in [7, 11) is 0. The van der Waals surface area contributed by atoms with E-state index in [0.29, 0.717) is 16.3 Å². The van der Waals surface area contributed by atoms with E-state index in [-0.39, 0.29) is 11.7 Å². The first-order valence-electron chi connectivity index (χ1n) is 6.93. The molecule has 1 spiro atoms. The van der Waals surface area contributed by atoms with E-state index < -0.39 is 11.8 Å². The molecule has 2 atom stereocenters. The number of hydrogen-bond acceptors (Lipinski definition) is 3. The molecule has 1 amide bonds. The van der Waals surface area contributed by atoms with Gasteiger partial charge in [0.2, 0.25) is 17.4 Å². The lowest BCUT2D eigenvalue weighted by Crippen LogP contribution is -2.43. The molecular weight excluding hydrogens is 302 g/mol. The number of fused-ring (bicyclic) bond motifs is 1. The number of Topliss-reactive ketones (excluding diaryl/α,β-unsaturated/α-hetero) is 1. The average Bonchev–Trinajstić information content (AvgIpc) is 3.17. The normalized spacial score (nSPS) is 25.5. The van der Waals surface area contributed by atoms with Crippen LogP contribution in [0.2, 0.25) is 5.02 Å². The number of para-hydroxylation sites is 1. The Morgan fingerprint density at radius 3 is 2.55 bits per heavy atom. The second kappa shape index (κ2) is 4.41. The van der Waals surface area contributed by atoms with Gasteiger partial charge in [-0.15, -0.1) is 0 Å². The number of ether oxygens (including phenoxy) is 1. The minimum atomic E-state index is -1.23. The summed E-state index contributed by atoms with van der Waals surface area (Å²) in [5.41, 5.74) is 0.728. The number of rotatable bonds is 1. The van der Waals surface area contributed by atoms with Crippen molar-refractivity contribution in [3.63, 3.8) is 0 Å². The Kier molecular flexibility index (Phi) is 2.71. The summed E-state index contributed by atoms with van der Waals surface area (Å²) in [6.45, 7) is 1.44. The van der Waals surface area contributed by atoms with Crippen LogP contribution in [-0.4, -0.2) is 17.4 Å². The maximum atomic E-state index is 12.8. The van der Waals surface area contributed by atoms with Crippen LogP contribution in [0.4, 0.5) is 5.69 Å². The molecule has 0 radical (unpaired) electrons. The number of carbonyl (C=O) groups is 2. The third-order valence-electron chi connectivity index (χ3n) is 4.13. The van der Waals surface area contributed by atoms with Gasteiger partial charge in [0.1, 0.15) is 6.10 Å². The number of epoxide rings is 1. The maximum Gasteiger partial charge on any atom is 0.244 e. The molecular formula is C17H12ClNO3. The van der Waals surface area contributed by atoms with E-state index in [1.54, 1.807) is 36.4 Å². The SMILES string of the molecule is CC(=O)N1c2ccccc2C(=O)[C@]12O[C@@H]2c1ccc(Cl)cc1. The summed E-state index contributed by atoms with van der Waals surface area (Å²) in [6, 6.07) is 14.2. The van der Waals surface area contributed by atoms with Gasteiger partial charge < -0.3 is 4.74 Å². The van der Waals surface area contributed by atoms with Gasteiger partial charge in [-0.3, -0.25) is 14.5 Å². The summed E-state index contributed by atoms with van der Waals surface area (Å²) in [5.74, 6) is -0.381. The second-order valence-corrected chi connectivity index (χ2v) is 5.88. The van der Waals surface area contributed by atoms with Crippen LogP contribution in [0.3, 0.4) is 0 Å². The van der Waals surface area contributed by atoms with Crippen LogP contribution in [-0.2, 0) is 9.53 Å². The Morgan fingerprint density at radius 2 is 1.86 bits per heavy atom. The second-order valence-electron chi connectivity index (χ2n) is 5.45. The smallest absolute Gasteiger partial charge is 0.244 e. The van der Waals surface area contributed by atoms with Crippen LogP contribution in [0.1, 0.15) is 28.9 Å². The van der Waals surface area contributed by atoms with Crippen LogP contribution >= 0.6 is 11.6 Å². The Hall–Kier alpha value is -2.17. The van der Waals surface area contributed by atoms with Crippen molar-refractivity contribution in [2.75, 3.05) is 4.90 Å². The van der Waals surface area contributed by atoms with Crippen LogP contribution in [0.5, 0.6) is 0 Å². The van der Waals surface area contributed by atoms with Gasteiger partial charge in [-0.2, -0.15) is 0 Å². The van der Waals surface area contributed by atoms with Crippen molar-refractivity contribution >= 4 is 29.0 Å². The monoisotopic (exact) mass is 313 g/mol. The molecule has 0 N–H and O–H groups in total. The van der Waals surface area contributed by atoms with Crippen molar-refractivity contribution in [3.8, 4) is 0 Å². The van der Waals surface area contributed by atoms with Crippen LogP contribution < -0.4 is 4.90 Å². The maximum absolute atomic E-state index is 12.8. The molecule has 110 valence electrons. The van der Waals surface area contributed by atoms with Gasteiger partial charge in [0, 0.05) is 17.5 Å². The number of anilines is 1. The number of halogens is 1. The molecule has 2 heterocycles. The minimum Gasteiger partial charge on any atom is -0.332 e. The first kappa shape index (κ1) is 13.5. The zero-order chi connectivity index (χ0) is 15.5. The average molecular weight is 314 g/mol. The largest absolute Gasteiger partial charge is 0.332 e. The van der Waals surface area contributed by atoms with Gasteiger partial charge >= 0.3 is 0 Å². The Bertz CT molecular complexity index is 802. The van der Waals surface area contributed by atoms with E-state index in [1.807, 2.05) is 12.1 Å². The minimum absolute atomic E-state index is 0.168. The molecule has 4 nitrogen and oxygen atoms in total. The highest BCUT2D eigenvalue weighted by Gasteiger charge is 2.72. The molecule has 22 heavy (non-hydrogen) atoms. The Balaban J connectivity index is 1.81. The zero-order valence-corrected chi connectivity index (χ0v) is 12.5. The third-order valence-corrected chi connectivity index (χ3v) is 4.38. The van der Waals surface area contributed by atoms with Gasteiger partial charge in [0.05, 0.1) is 5.69 Å². The molecule has 1 fully saturated rings. The number of amides is 1. The predicted molar refractivity (Wildman–Crippen MR) is 81.9 cm³/mol. The summed E-state index contributed by atoms with van der Waals surface area (Å²) in [5, 5.41) is 0.614. The highest BCUT2D eigenvalue weighted by Crippen LogP contribution is 2.59. The van der Waals surface area contributed by atoms with E-state index in [1.165, 1.54) is 11.8 Å². The molecule has 0 unspecified atom stereocenters. The highest BCUT2D eigenvalue weighted by atomic mass is 35.5. The van der Waals surface area contributed by atoms with Crippen LogP contribution in [0, 0.1) is 0 Å².